The first-order valence-electron chi connectivity index (χ1n) is 44.8. The third kappa shape index (κ3) is 42.5. The van der Waals surface area contributed by atoms with Crippen LogP contribution in [0.25, 0.3) is 0 Å². The fourth-order valence-corrected chi connectivity index (χ4v) is 13.7. The van der Waals surface area contributed by atoms with Gasteiger partial charge in [-0.15, -0.1) is 0 Å². The van der Waals surface area contributed by atoms with E-state index in [9.17, 15) is 53.1 Å². The third-order valence-electron chi connectivity index (χ3n) is 19.6. The van der Waals surface area contributed by atoms with Gasteiger partial charge in [-0.3, -0.25) is 24.0 Å². The van der Waals surface area contributed by atoms with Crippen molar-refractivity contribution in [1.29, 1.82) is 0 Å². The molecule has 0 radical (unpaired) electrons. The van der Waals surface area contributed by atoms with Gasteiger partial charge in [0, 0.05) is 14.1 Å². The molecule has 0 aliphatic carbocycles. The molecule has 0 spiro atoms. The maximum absolute atomic E-state index is 12.7. The Morgan fingerprint density at radius 1 is 0.296 bits per heavy atom. The normalized spacial score (nSPS) is 11.2. The quantitative estimate of drug-likeness (QED) is 0.00860. The molecule has 0 aromatic heterocycles. The van der Waals surface area contributed by atoms with Crippen molar-refractivity contribution in [3.8, 4) is 28.7 Å². The molecular weight excluding hydrogens is 1810 g/mol. The number of carboxylic acids is 4. The average molecular weight is 1940 g/mol. The van der Waals surface area contributed by atoms with Crippen LogP contribution in [0, 0.1) is 27.1 Å². The molecule has 35 heteroatoms. The molecule has 0 aliphatic rings. The number of carbonyl (C=O) groups is 10. The molecule has 1 unspecified atom stereocenters. The second kappa shape index (κ2) is 51.6. The van der Waals surface area contributed by atoms with E-state index >= 15 is 0 Å². The highest BCUT2D eigenvalue weighted by Crippen LogP contribution is 2.37. The van der Waals surface area contributed by atoms with E-state index in [4.69, 9.17) is 96.3 Å². The zero-order valence-electron chi connectivity index (χ0n) is 83.1. The van der Waals surface area contributed by atoms with E-state index in [0.717, 1.165) is 27.8 Å². The molecular formula is C107H130N16O19. The van der Waals surface area contributed by atoms with E-state index in [-0.39, 0.29) is 82.0 Å². The van der Waals surface area contributed by atoms with Gasteiger partial charge in [-0.05, 0) is 273 Å². The Balaban J connectivity index is 0.000000272. The van der Waals surface area contributed by atoms with Crippen LogP contribution >= 0.6 is 0 Å². The fraction of sp³-hybridized carbons (Fsp3) is 0.299. The topological polar surface area (TPSA) is 623 Å². The van der Waals surface area contributed by atoms with E-state index in [1.165, 1.54) is 4.90 Å². The molecule has 1 amide bonds. The largest absolute Gasteiger partial charge is 0.481 e. The molecule has 35 nitrogen and oxygen atoms in total. The Labute approximate surface area is 826 Å². The lowest BCUT2D eigenvalue weighted by Gasteiger charge is -2.23. The van der Waals surface area contributed by atoms with Crippen molar-refractivity contribution < 1.29 is 92.1 Å². The van der Waals surface area contributed by atoms with Crippen LogP contribution in [0.3, 0.4) is 0 Å². The number of amides is 1. The highest BCUT2D eigenvalue weighted by Gasteiger charge is 2.29. The van der Waals surface area contributed by atoms with Gasteiger partial charge in [-0.2, -0.15) is 0 Å². The Hall–Kier alpha value is -16.8. The van der Waals surface area contributed by atoms with Crippen LogP contribution < -0.4 is 81.0 Å². The number of nitrogens with two attached hydrogens (primary N) is 10. The summed E-state index contributed by atoms with van der Waals surface area (Å²) in [5, 5.41) is 36.5. The van der Waals surface area contributed by atoms with Crippen molar-refractivity contribution in [1.82, 2.24) is 4.90 Å². The number of aliphatic imine (C=N–C) groups is 5. The Bertz CT molecular complexity index is 6240. The standard InChI is InChI=1S/C23H30N4O3.4C21H25N3O4/c1-23(2,3)14-17-13-16(8-11-19(17)26-22(24)25)21(29)30-18-9-6-15(7-10-18)12-20(28)27(4)5;1-21(2,3)12-17(18(25)26)13-6-10-16(11-7-13)28-19(27)14-4-8-15(9-5-14)24-20(22)23;1-21(2,3)12-15-10-13(11-18(25)26)4-9-17(15)28-19(27)14-5-7-16(8-6-14)24-20(22)23;1-21(2,3)12-15-10-17(9-6-14(15)11-18(25)26)28-19(27)13-4-7-16(8-5-13)24-20(22)23;1-21(2,3)12-14-11-15(24-20(22)23)6-9-17(14)19(27)28-16-7-4-13(5-8-16)10-18(25)26/h6-11,13H,12,14H2,1-5H3,(H4,24,25,26);4-11,17H,12H2,1-3H3,(H,25,26)(H4,22,23,24);2*4-10H,11-12H2,1-3H3,(H,25,26)(H4,22,23,24);4-9,11H,10,12H2,1-3H3,(H,25,26)(H4,22,23,24). The van der Waals surface area contributed by atoms with Gasteiger partial charge in [0.15, 0.2) is 29.8 Å². The number of hydrogen-bond acceptors (Lipinski definition) is 20. The molecule has 10 aromatic carbocycles. The highest BCUT2D eigenvalue weighted by molar-refractivity contribution is 5.96. The van der Waals surface area contributed by atoms with E-state index in [1.807, 2.05) is 20.8 Å². The molecule has 10 aromatic rings. The summed E-state index contributed by atoms with van der Waals surface area (Å²) in [6.45, 7) is 30.9. The van der Waals surface area contributed by atoms with Gasteiger partial charge in [0.25, 0.3) is 0 Å². The lowest BCUT2D eigenvalue weighted by molar-refractivity contribution is -0.140. The minimum atomic E-state index is -0.919. The first-order chi connectivity index (χ1) is 66.1. The lowest BCUT2D eigenvalue weighted by atomic mass is 9.81. The zero-order chi connectivity index (χ0) is 106. The summed E-state index contributed by atoms with van der Waals surface area (Å²) in [7, 11) is 3.43. The maximum atomic E-state index is 12.7. The average Bonchev–Trinajstić information content (AvgIpc) is 0.818. The number of esters is 5. The number of guanidine groups is 5. The smallest absolute Gasteiger partial charge is 0.343 e. The summed E-state index contributed by atoms with van der Waals surface area (Å²) in [6.07, 6.45) is 3.16. The van der Waals surface area contributed by atoms with E-state index in [0.29, 0.717) is 146 Å². The Kier molecular flexibility index (Phi) is 41.4. The van der Waals surface area contributed by atoms with Gasteiger partial charge in [-0.25, -0.2) is 48.9 Å². The molecule has 0 aliphatic heterocycles. The Morgan fingerprint density at radius 3 is 1.05 bits per heavy atom. The molecule has 0 saturated carbocycles. The highest BCUT2D eigenvalue weighted by atomic mass is 16.6. The van der Waals surface area contributed by atoms with Gasteiger partial charge < -0.3 is 106 Å². The fourth-order valence-electron chi connectivity index (χ4n) is 13.7. The number of benzene rings is 10. The summed E-state index contributed by atoms with van der Waals surface area (Å²) >= 11 is 0. The summed E-state index contributed by atoms with van der Waals surface area (Å²) < 4.78 is 27.4. The SMILES string of the molecule is CC(C)(C)CC(C(=O)O)c1ccc(OC(=O)c2ccc(N=C(N)N)cc2)cc1.CC(C)(C)Cc1cc(CC(=O)O)ccc1OC(=O)c1ccc(N=C(N)N)cc1.CC(C)(C)Cc1cc(N=C(N)N)ccc1C(=O)Oc1ccc(CC(=O)O)cc1.CC(C)(C)Cc1cc(OC(=O)c2ccc(N=C(N)N)cc2)ccc1CC(=O)O.CN(C)C(=O)Cc1ccc(OC(=O)c2ccc(N=C(N)N)c(CC(C)(C)C)c2)cc1. The summed E-state index contributed by atoms with van der Waals surface area (Å²) in [5.74, 6) is -5.18. The molecule has 752 valence electrons. The molecule has 0 saturated heterocycles. The van der Waals surface area contributed by atoms with Gasteiger partial charge in [0.2, 0.25) is 5.91 Å². The molecule has 10 rings (SSSR count). The molecule has 142 heavy (non-hydrogen) atoms. The number of ether oxygens (including phenoxy) is 5. The number of hydrogen-bond donors (Lipinski definition) is 14. The van der Waals surface area contributed by atoms with Gasteiger partial charge in [0.05, 0.1) is 87.9 Å². The van der Waals surface area contributed by atoms with Crippen LogP contribution in [0.5, 0.6) is 28.7 Å². The Morgan fingerprint density at radius 2 is 0.641 bits per heavy atom. The van der Waals surface area contributed by atoms with Crippen molar-refractivity contribution in [2.75, 3.05) is 14.1 Å². The minimum Gasteiger partial charge on any atom is -0.481 e. The lowest BCUT2D eigenvalue weighted by Crippen LogP contribution is -2.23. The first kappa shape index (κ1) is 114. The van der Waals surface area contributed by atoms with Crippen molar-refractivity contribution in [3.63, 3.8) is 0 Å². The molecule has 24 N–H and O–H groups in total. The number of likely N-dealkylation sites (N-methyl/N-ethyl adjacent to an activating group) is 1. The number of carbonyl (C=O) groups excluding carboxylic acids is 6. The molecule has 0 fully saturated rings. The van der Waals surface area contributed by atoms with Crippen LogP contribution in [0.2, 0.25) is 0 Å². The first-order valence-corrected chi connectivity index (χ1v) is 44.8. The molecule has 0 bridgehead atoms. The van der Waals surface area contributed by atoms with Gasteiger partial charge in [-0.1, -0.05) is 158 Å². The number of rotatable bonds is 30. The van der Waals surface area contributed by atoms with Crippen LogP contribution in [0.1, 0.15) is 218 Å². The predicted octanol–water partition coefficient (Wildman–Crippen LogP) is 15.5. The van der Waals surface area contributed by atoms with E-state index in [2.05, 4.69) is 108 Å². The van der Waals surface area contributed by atoms with Crippen LogP contribution in [-0.4, -0.2) is 129 Å². The molecule has 0 heterocycles. The van der Waals surface area contributed by atoms with Crippen molar-refractivity contribution in [2.24, 2.45) is 109 Å². The van der Waals surface area contributed by atoms with E-state index in [1.54, 1.807) is 232 Å². The summed E-state index contributed by atoms with van der Waals surface area (Å²) in [6, 6.07) is 59.2. The maximum Gasteiger partial charge on any atom is 0.343 e. The van der Waals surface area contributed by atoms with Gasteiger partial charge in [0.1, 0.15) is 28.7 Å². The van der Waals surface area contributed by atoms with Gasteiger partial charge >= 0.3 is 53.7 Å². The summed E-state index contributed by atoms with van der Waals surface area (Å²) in [5.41, 5.74) is 65.0. The second-order valence-electron chi connectivity index (χ2n) is 39.5. The van der Waals surface area contributed by atoms with Crippen LogP contribution in [0.4, 0.5) is 28.4 Å². The number of carboxylic acid groups (broad SMARTS) is 4. The monoisotopic (exact) mass is 1940 g/mol. The number of aliphatic carboxylic acids is 4. The van der Waals surface area contributed by atoms with E-state index < -0.39 is 59.6 Å². The van der Waals surface area contributed by atoms with Crippen molar-refractivity contribution in [2.45, 2.75) is 168 Å². The summed E-state index contributed by atoms with van der Waals surface area (Å²) in [4.78, 5) is 140. The number of nitrogens with zero attached hydrogens (tertiary/aromatic N) is 6. The van der Waals surface area contributed by atoms with Crippen LogP contribution in [0.15, 0.2) is 243 Å². The second-order valence-corrected chi connectivity index (χ2v) is 39.5. The predicted molar refractivity (Wildman–Crippen MR) is 550 cm³/mol. The minimum absolute atomic E-state index is 0.00647. The third-order valence-corrected chi connectivity index (χ3v) is 19.6. The zero-order valence-corrected chi connectivity index (χ0v) is 83.1. The van der Waals surface area contributed by atoms with Crippen molar-refractivity contribution in [3.05, 3.63) is 296 Å². The molecule has 1 atom stereocenters. The van der Waals surface area contributed by atoms with Crippen LogP contribution in [-0.2, 0) is 75.3 Å². The van der Waals surface area contributed by atoms with Crippen molar-refractivity contribution >= 4 is 118 Å².